The van der Waals surface area contributed by atoms with Crippen LogP contribution < -0.4 is 10.6 Å². The Hall–Kier alpha value is -2.29. The number of urea groups is 1. The lowest BCUT2D eigenvalue weighted by atomic mass is 10.1. The van der Waals surface area contributed by atoms with Crippen molar-refractivity contribution >= 4 is 11.7 Å². The molecular formula is C17H20N2O. The average molecular weight is 268 g/mol. The van der Waals surface area contributed by atoms with E-state index in [1.165, 1.54) is 5.56 Å². The molecule has 2 aromatic carbocycles. The van der Waals surface area contributed by atoms with Crippen LogP contribution in [0.2, 0.25) is 0 Å². The third-order valence-electron chi connectivity index (χ3n) is 3.28. The maximum absolute atomic E-state index is 12.0. The van der Waals surface area contributed by atoms with Gasteiger partial charge in [-0.25, -0.2) is 4.79 Å². The Morgan fingerprint density at radius 1 is 1.05 bits per heavy atom. The second kappa shape index (κ2) is 6.24. The highest BCUT2D eigenvalue weighted by atomic mass is 16.2. The molecule has 0 fully saturated rings. The maximum Gasteiger partial charge on any atom is 0.319 e. The number of nitrogens with one attached hydrogen (secondary N) is 2. The number of amides is 2. The largest absolute Gasteiger partial charge is 0.331 e. The average Bonchev–Trinajstić information content (AvgIpc) is 2.43. The van der Waals surface area contributed by atoms with Gasteiger partial charge in [0, 0.05) is 5.69 Å². The Balaban J connectivity index is 1.99. The fourth-order valence-corrected chi connectivity index (χ4v) is 2.13. The van der Waals surface area contributed by atoms with Crippen molar-refractivity contribution in [2.24, 2.45) is 0 Å². The molecule has 0 saturated carbocycles. The molecule has 2 N–H and O–H groups in total. The van der Waals surface area contributed by atoms with Crippen LogP contribution in [0, 0.1) is 13.8 Å². The predicted octanol–water partition coefficient (Wildman–Crippen LogP) is 4.19. The van der Waals surface area contributed by atoms with E-state index in [9.17, 15) is 4.79 Å². The van der Waals surface area contributed by atoms with Crippen molar-refractivity contribution in [3.05, 3.63) is 65.2 Å². The summed E-state index contributed by atoms with van der Waals surface area (Å²) >= 11 is 0. The van der Waals surface area contributed by atoms with Gasteiger partial charge in [0.05, 0.1) is 6.04 Å². The summed E-state index contributed by atoms with van der Waals surface area (Å²) in [6.45, 7) is 5.99. The van der Waals surface area contributed by atoms with Gasteiger partial charge < -0.3 is 10.6 Å². The van der Waals surface area contributed by atoms with Crippen LogP contribution in [0.5, 0.6) is 0 Å². The number of hydrogen-bond acceptors (Lipinski definition) is 1. The number of hydrogen-bond donors (Lipinski definition) is 2. The molecule has 0 spiro atoms. The molecule has 0 aliphatic heterocycles. The van der Waals surface area contributed by atoms with E-state index in [4.69, 9.17) is 0 Å². The van der Waals surface area contributed by atoms with Crippen LogP contribution in [0.15, 0.2) is 48.5 Å². The Morgan fingerprint density at radius 3 is 2.40 bits per heavy atom. The van der Waals surface area contributed by atoms with Crippen LogP contribution >= 0.6 is 0 Å². The van der Waals surface area contributed by atoms with E-state index in [2.05, 4.69) is 16.7 Å². The van der Waals surface area contributed by atoms with E-state index in [1.807, 2.05) is 63.2 Å². The lowest BCUT2D eigenvalue weighted by Gasteiger charge is -2.16. The lowest BCUT2D eigenvalue weighted by molar-refractivity contribution is 0.249. The van der Waals surface area contributed by atoms with Crippen LogP contribution in [0.25, 0.3) is 0 Å². The first-order chi connectivity index (χ1) is 9.56. The molecule has 0 aromatic heterocycles. The summed E-state index contributed by atoms with van der Waals surface area (Å²) in [5.74, 6) is 0. The third-order valence-corrected chi connectivity index (χ3v) is 3.28. The van der Waals surface area contributed by atoms with Gasteiger partial charge >= 0.3 is 6.03 Å². The predicted molar refractivity (Wildman–Crippen MR) is 82.9 cm³/mol. The summed E-state index contributed by atoms with van der Waals surface area (Å²) in [5, 5.41) is 5.82. The minimum absolute atomic E-state index is 0.0260. The second-order valence-corrected chi connectivity index (χ2v) is 5.05. The van der Waals surface area contributed by atoms with E-state index < -0.39 is 0 Å². The molecule has 0 heterocycles. The Kier molecular flexibility index (Phi) is 4.41. The Labute approximate surface area is 120 Å². The SMILES string of the molecule is Cc1ccc(NC(=O)N[C@H](C)c2ccccc2)c(C)c1. The zero-order chi connectivity index (χ0) is 14.5. The fourth-order valence-electron chi connectivity index (χ4n) is 2.13. The summed E-state index contributed by atoms with van der Waals surface area (Å²) in [4.78, 5) is 12.0. The van der Waals surface area contributed by atoms with E-state index >= 15 is 0 Å². The van der Waals surface area contributed by atoms with Gasteiger partial charge in [0.2, 0.25) is 0 Å². The summed E-state index contributed by atoms with van der Waals surface area (Å²) in [5.41, 5.74) is 4.18. The molecule has 20 heavy (non-hydrogen) atoms. The molecule has 3 nitrogen and oxygen atoms in total. The monoisotopic (exact) mass is 268 g/mol. The quantitative estimate of drug-likeness (QED) is 0.861. The minimum atomic E-state index is -0.187. The highest BCUT2D eigenvalue weighted by molar-refractivity contribution is 5.90. The first-order valence-corrected chi connectivity index (χ1v) is 6.76. The first kappa shape index (κ1) is 14.1. The molecule has 2 amide bonds. The summed E-state index contributed by atoms with van der Waals surface area (Å²) in [6, 6.07) is 15.7. The molecule has 0 aliphatic rings. The lowest BCUT2D eigenvalue weighted by Crippen LogP contribution is -2.31. The Bertz CT molecular complexity index is 593. The number of aryl methyl sites for hydroxylation is 2. The molecular weight excluding hydrogens is 248 g/mol. The zero-order valence-corrected chi connectivity index (χ0v) is 12.1. The molecule has 2 rings (SSSR count). The number of carbonyl (C=O) groups is 1. The molecule has 2 aromatic rings. The van der Waals surface area contributed by atoms with Crippen LogP contribution in [0.4, 0.5) is 10.5 Å². The van der Waals surface area contributed by atoms with E-state index in [1.54, 1.807) is 0 Å². The number of benzene rings is 2. The molecule has 0 bridgehead atoms. The third kappa shape index (κ3) is 3.60. The molecule has 0 radical (unpaired) electrons. The van der Waals surface area contributed by atoms with Crippen molar-refractivity contribution in [3.8, 4) is 0 Å². The summed E-state index contributed by atoms with van der Waals surface area (Å²) in [6.07, 6.45) is 0. The second-order valence-electron chi connectivity index (χ2n) is 5.05. The molecule has 0 saturated heterocycles. The van der Waals surface area contributed by atoms with Gasteiger partial charge in [-0.15, -0.1) is 0 Å². The van der Waals surface area contributed by atoms with Crippen LogP contribution in [0.1, 0.15) is 29.7 Å². The molecule has 104 valence electrons. The molecule has 0 unspecified atom stereocenters. The normalized spacial score (nSPS) is 11.8. The summed E-state index contributed by atoms with van der Waals surface area (Å²) in [7, 11) is 0. The smallest absolute Gasteiger partial charge is 0.319 e. The highest BCUT2D eigenvalue weighted by Crippen LogP contribution is 2.16. The van der Waals surface area contributed by atoms with Gasteiger partial charge in [-0.05, 0) is 38.0 Å². The van der Waals surface area contributed by atoms with Gasteiger partial charge in [0.1, 0.15) is 0 Å². The van der Waals surface area contributed by atoms with Gasteiger partial charge in [-0.3, -0.25) is 0 Å². The van der Waals surface area contributed by atoms with Crippen molar-refractivity contribution in [1.29, 1.82) is 0 Å². The van der Waals surface area contributed by atoms with Crippen molar-refractivity contribution in [2.45, 2.75) is 26.8 Å². The molecule has 3 heteroatoms. The van der Waals surface area contributed by atoms with E-state index in [-0.39, 0.29) is 12.1 Å². The van der Waals surface area contributed by atoms with Crippen molar-refractivity contribution < 1.29 is 4.79 Å². The Morgan fingerprint density at radius 2 is 1.75 bits per heavy atom. The van der Waals surface area contributed by atoms with Gasteiger partial charge in [0.25, 0.3) is 0 Å². The van der Waals surface area contributed by atoms with Gasteiger partial charge in [-0.1, -0.05) is 48.0 Å². The van der Waals surface area contributed by atoms with E-state index in [0.29, 0.717) is 0 Å². The van der Waals surface area contributed by atoms with Crippen LogP contribution in [-0.4, -0.2) is 6.03 Å². The minimum Gasteiger partial charge on any atom is -0.331 e. The first-order valence-electron chi connectivity index (χ1n) is 6.76. The van der Waals surface area contributed by atoms with Gasteiger partial charge in [-0.2, -0.15) is 0 Å². The number of rotatable bonds is 3. The fraction of sp³-hybridized carbons (Fsp3) is 0.235. The van der Waals surface area contributed by atoms with E-state index in [0.717, 1.165) is 16.8 Å². The molecule has 0 aliphatic carbocycles. The van der Waals surface area contributed by atoms with Crippen LogP contribution in [0.3, 0.4) is 0 Å². The highest BCUT2D eigenvalue weighted by Gasteiger charge is 2.09. The van der Waals surface area contributed by atoms with Crippen molar-refractivity contribution in [1.82, 2.24) is 5.32 Å². The maximum atomic E-state index is 12.0. The number of anilines is 1. The topological polar surface area (TPSA) is 41.1 Å². The van der Waals surface area contributed by atoms with Crippen molar-refractivity contribution in [2.75, 3.05) is 5.32 Å². The summed E-state index contributed by atoms with van der Waals surface area (Å²) < 4.78 is 0. The van der Waals surface area contributed by atoms with Crippen molar-refractivity contribution in [3.63, 3.8) is 0 Å². The molecule has 1 atom stereocenters. The van der Waals surface area contributed by atoms with Gasteiger partial charge in [0.15, 0.2) is 0 Å². The zero-order valence-electron chi connectivity index (χ0n) is 12.1. The number of carbonyl (C=O) groups excluding carboxylic acids is 1. The standard InChI is InChI=1S/C17H20N2O/c1-12-9-10-16(13(2)11-12)19-17(20)18-14(3)15-7-5-4-6-8-15/h4-11,14H,1-3H3,(H2,18,19,20)/t14-/m1/s1. The van der Waals surface area contributed by atoms with Crippen LogP contribution in [-0.2, 0) is 0 Å².